The van der Waals surface area contributed by atoms with Crippen molar-refractivity contribution in [3.8, 4) is 0 Å². The van der Waals surface area contributed by atoms with Gasteiger partial charge in [0.2, 0.25) is 0 Å². The fourth-order valence-corrected chi connectivity index (χ4v) is 2.18. The summed E-state index contributed by atoms with van der Waals surface area (Å²) in [6, 6.07) is 14.9. The highest BCUT2D eigenvalue weighted by Crippen LogP contribution is 2.31. The molecular weight excluding hydrogens is 293 g/mol. The van der Waals surface area contributed by atoms with Crippen LogP contribution < -0.4 is 5.90 Å². The molecule has 0 aliphatic carbocycles. The van der Waals surface area contributed by atoms with Gasteiger partial charge in [-0.1, -0.05) is 59.6 Å². The second kappa shape index (κ2) is 6.98. The van der Waals surface area contributed by atoms with Crippen LogP contribution in [-0.4, -0.2) is 0 Å². The van der Waals surface area contributed by atoms with Crippen molar-refractivity contribution >= 4 is 35.6 Å². The van der Waals surface area contributed by atoms with Crippen LogP contribution in [0.2, 0.25) is 10.0 Å². The molecule has 0 radical (unpaired) electrons. The minimum Gasteiger partial charge on any atom is -0.292 e. The summed E-state index contributed by atoms with van der Waals surface area (Å²) < 4.78 is 0. The molecule has 96 valence electrons. The van der Waals surface area contributed by atoms with E-state index in [1.165, 1.54) is 0 Å². The summed E-state index contributed by atoms with van der Waals surface area (Å²) in [6.07, 6.45) is -0.388. The zero-order chi connectivity index (χ0) is 12.3. The molecule has 2 rings (SSSR count). The van der Waals surface area contributed by atoms with Crippen LogP contribution in [0.1, 0.15) is 17.2 Å². The van der Waals surface area contributed by atoms with E-state index in [1.807, 2.05) is 36.4 Å². The van der Waals surface area contributed by atoms with Gasteiger partial charge in [-0.05, 0) is 17.7 Å². The van der Waals surface area contributed by atoms with Gasteiger partial charge >= 0.3 is 0 Å². The summed E-state index contributed by atoms with van der Waals surface area (Å²) in [4.78, 5) is 5.02. The molecule has 18 heavy (non-hydrogen) atoms. The number of benzene rings is 2. The van der Waals surface area contributed by atoms with Crippen LogP contribution in [0.3, 0.4) is 0 Å². The first-order valence-corrected chi connectivity index (χ1v) is 5.83. The van der Waals surface area contributed by atoms with Gasteiger partial charge in [0.15, 0.2) is 0 Å². The third-order valence-corrected chi connectivity index (χ3v) is 3.05. The van der Waals surface area contributed by atoms with Crippen LogP contribution in [0.4, 0.5) is 0 Å². The standard InChI is InChI=1S/C13H11Cl2NO.ClH/c14-10-6-7-11(12(15)8-10)13(17-16)9-4-2-1-3-5-9;/h1-8,13H,16H2;1H. The van der Waals surface area contributed by atoms with Crippen molar-refractivity contribution in [1.29, 1.82) is 0 Å². The van der Waals surface area contributed by atoms with Gasteiger partial charge in [0.25, 0.3) is 0 Å². The molecule has 2 aromatic carbocycles. The average molecular weight is 305 g/mol. The van der Waals surface area contributed by atoms with Crippen LogP contribution in [-0.2, 0) is 4.84 Å². The van der Waals surface area contributed by atoms with Crippen molar-refractivity contribution < 1.29 is 4.84 Å². The van der Waals surface area contributed by atoms with Crippen LogP contribution in [0, 0.1) is 0 Å². The molecule has 0 fully saturated rings. The van der Waals surface area contributed by atoms with Crippen molar-refractivity contribution in [1.82, 2.24) is 0 Å². The van der Waals surface area contributed by atoms with Crippen molar-refractivity contribution in [2.45, 2.75) is 6.10 Å². The predicted octanol–water partition coefficient (Wildman–Crippen LogP) is 4.39. The van der Waals surface area contributed by atoms with Crippen LogP contribution in [0.15, 0.2) is 48.5 Å². The van der Waals surface area contributed by atoms with E-state index in [1.54, 1.807) is 12.1 Å². The molecule has 2 aromatic rings. The Labute approximate surface area is 122 Å². The Morgan fingerprint density at radius 1 is 1.00 bits per heavy atom. The Morgan fingerprint density at radius 3 is 2.22 bits per heavy atom. The third kappa shape index (κ3) is 3.37. The first-order chi connectivity index (χ1) is 8.22. The molecule has 1 unspecified atom stereocenters. The maximum atomic E-state index is 6.13. The monoisotopic (exact) mass is 303 g/mol. The number of hydrogen-bond acceptors (Lipinski definition) is 2. The zero-order valence-corrected chi connectivity index (χ0v) is 11.7. The summed E-state index contributed by atoms with van der Waals surface area (Å²) in [7, 11) is 0. The molecule has 5 heteroatoms. The maximum Gasteiger partial charge on any atom is 0.130 e. The van der Waals surface area contributed by atoms with E-state index in [0.717, 1.165) is 11.1 Å². The summed E-state index contributed by atoms with van der Waals surface area (Å²) in [5.74, 6) is 5.35. The maximum absolute atomic E-state index is 6.13. The lowest BCUT2D eigenvalue weighted by Crippen LogP contribution is -2.11. The Balaban J connectivity index is 0.00000162. The van der Waals surface area contributed by atoms with E-state index in [4.69, 9.17) is 33.9 Å². The Morgan fingerprint density at radius 2 is 1.67 bits per heavy atom. The van der Waals surface area contributed by atoms with Gasteiger partial charge in [-0.15, -0.1) is 12.4 Å². The summed E-state index contributed by atoms with van der Waals surface area (Å²) in [5, 5.41) is 1.12. The van der Waals surface area contributed by atoms with Crippen LogP contribution in [0.5, 0.6) is 0 Å². The number of halogens is 3. The molecule has 0 saturated carbocycles. The van der Waals surface area contributed by atoms with Gasteiger partial charge in [-0.2, -0.15) is 0 Å². The highest BCUT2D eigenvalue weighted by molar-refractivity contribution is 6.35. The van der Waals surface area contributed by atoms with Gasteiger partial charge in [0, 0.05) is 15.6 Å². The molecule has 0 aliphatic heterocycles. The Kier molecular flexibility index (Phi) is 5.93. The van der Waals surface area contributed by atoms with E-state index < -0.39 is 0 Å². The van der Waals surface area contributed by atoms with E-state index in [-0.39, 0.29) is 18.5 Å². The highest BCUT2D eigenvalue weighted by Gasteiger charge is 2.16. The van der Waals surface area contributed by atoms with Crippen molar-refractivity contribution in [3.05, 3.63) is 69.7 Å². The molecule has 0 spiro atoms. The van der Waals surface area contributed by atoms with E-state index in [0.29, 0.717) is 10.0 Å². The Hall–Kier alpha value is -0.770. The third-order valence-electron chi connectivity index (χ3n) is 2.48. The molecule has 0 saturated heterocycles. The fraction of sp³-hybridized carbons (Fsp3) is 0.0769. The molecule has 0 aromatic heterocycles. The lowest BCUT2D eigenvalue weighted by molar-refractivity contribution is 0.0814. The number of hydrogen-bond donors (Lipinski definition) is 1. The number of nitrogens with two attached hydrogens (primary N) is 1. The van der Waals surface area contributed by atoms with E-state index in [9.17, 15) is 0 Å². The molecule has 2 N–H and O–H groups in total. The number of rotatable bonds is 3. The normalized spacial score (nSPS) is 11.7. The zero-order valence-electron chi connectivity index (χ0n) is 9.35. The summed E-state index contributed by atoms with van der Waals surface area (Å²) in [5.41, 5.74) is 1.74. The van der Waals surface area contributed by atoms with Gasteiger partial charge in [0.1, 0.15) is 6.10 Å². The first kappa shape index (κ1) is 15.3. The van der Waals surface area contributed by atoms with Gasteiger partial charge in [-0.25, -0.2) is 5.90 Å². The molecule has 2 nitrogen and oxygen atoms in total. The highest BCUT2D eigenvalue weighted by atomic mass is 35.5. The predicted molar refractivity (Wildman–Crippen MR) is 77.3 cm³/mol. The summed E-state index contributed by atoms with van der Waals surface area (Å²) >= 11 is 12.0. The molecule has 0 heterocycles. The Bertz CT molecular complexity index is 505. The minimum absolute atomic E-state index is 0. The van der Waals surface area contributed by atoms with Gasteiger partial charge < -0.3 is 0 Å². The molecule has 0 bridgehead atoms. The first-order valence-electron chi connectivity index (χ1n) is 5.08. The minimum atomic E-state index is -0.388. The van der Waals surface area contributed by atoms with Crippen molar-refractivity contribution in [2.24, 2.45) is 5.90 Å². The molecule has 1 atom stereocenters. The van der Waals surface area contributed by atoms with E-state index in [2.05, 4.69) is 0 Å². The smallest absolute Gasteiger partial charge is 0.130 e. The topological polar surface area (TPSA) is 35.2 Å². The SMILES string of the molecule is Cl.NOC(c1ccccc1)c1ccc(Cl)cc1Cl. The largest absolute Gasteiger partial charge is 0.292 e. The summed E-state index contributed by atoms with van der Waals surface area (Å²) in [6.45, 7) is 0. The van der Waals surface area contributed by atoms with Crippen molar-refractivity contribution in [3.63, 3.8) is 0 Å². The lowest BCUT2D eigenvalue weighted by atomic mass is 10.0. The quantitative estimate of drug-likeness (QED) is 0.853. The van der Waals surface area contributed by atoms with Gasteiger partial charge in [-0.3, -0.25) is 4.84 Å². The lowest BCUT2D eigenvalue weighted by Gasteiger charge is -2.16. The van der Waals surface area contributed by atoms with Crippen LogP contribution in [0.25, 0.3) is 0 Å². The average Bonchev–Trinajstić information content (AvgIpc) is 2.34. The molecule has 0 amide bonds. The van der Waals surface area contributed by atoms with E-state index >= 15 is 0 Å². The van der Waals surface area contributed by atoms with Crippen LogP contribution >= 0.6 is 35.6 Å². The fourth-order valence-electron chi connectivity index (χ4n) is 1.67. The molecule has 0 aliphatic rings. The second-order valence-corrected chi connectivity index (χ2v) is 4.44. The second-order valence-electron chi connectivity index (χ2n) is 3.59. The van der Waals surface area contributed by atoms with Gasteiger partial charge in [0.05, 0.1) is 0 Å². The van der Waals surface area contributed by atoms with Crippen molar-refractivity contribution in [2.75, 3.05) is 0 Å². The molecular formula is C13H12Cl3NO.